The molecular formula is C15H12ClF3O2S2. The van der Waals surface area contributed by atoms with Crippen LogP contribution in [0.5, 0.6) is 0 Å². The molecule has 0 saturated carbocycles. The average molecular weight is 381 g/mol. The molecule has 23 heavy (non-hydrogen) atoms. The number of aryl methyl sites for hydroxylation is 1. The summed E-state index contributed by atoms with van der Waals surface area (Å²) in [6.45, 7) is 0. The van der Waals surface area contributed by atoms with Gasteiger partial charge in [0.25, 0.3) is 9.05 Å². The summed E-state index contributed by atoms with van der Waals surface area (Å²) in [5.41, 5.74) is 0.150. The van der Waals surface area contributed by atoms with E-state index in [0.29, 0.717) is 12.2 Å². The van der Waals surface area contributed by atoms with Gasteiger partial charge in [-0.15, -0.1) is 11.8 Å². The van der Waals surface area contributed by atoms with Crippen molar-refractivity contribution in [1.82, 2.24) is 0 Å². The van der Waals surface area contributed by atoms with Crippen molar-refractivity contribution < 1.29 is 21.6 Å². The standard InChI is InChI=1S/C15H12ClF3O2S2/c16-23(20,21)14-7-5-13(6-8-14)22-10-9-11-1-3-12(4-2-11)15(17,18)19/h1-8H,9-10H2. The zero-order chi connectivity index (χ0) is 17.1. The molecule has 0 atom stereocenters. The number of hydrogen-bond acceptors (Lipinski definition) is 3. The highest BCUT2D eigenvalue weighted by molar-refractivity contribution is 8.13. The first-order valence-electron chi connectivity index (χ1n) is 6.50. The molecule has 0 radical (unpaired) electrons. The molecule has 0 spiro atoms. The molecule has 0 aromatic heterocycles. The maximum atomic E-state index is 12.5. The molecule has 0 bridgehead atoms. The summed E-state index contributed by atoms with van der Waals surface area (Å²) in [5.74, 6) is 0.665. The molecule has 2 aromatic carbocycles. The van der Waals surface area contributed by atoms with Crippen LogP contribution >= 0.6 is 22.4 Å². The van der Waals surface area contributed by atoms with E-state index in [2.05, 4.69) is 0 Å². The van der Waals surface area contributed by atoms with Gasteiger partial charge in [-0.2, -0.15) is 13.2 Å². The Hall–Kier alpha value is -1.18. The van der Waals surface area contributed by atoms with E-state index in [4.69, 9.17) is 10.7 Å². The van der Waals surface area contributed by atoms with Gasteiger partial charge in [0.15, 0.2) is 0 Å². The number of halogens is 4. The molecule has 2 nitrogen and oxygen atoms in total. The molecule has 0 amide bonds. The van der Waals surface area contributed by atoms with Gasteiger partial charge in [-0.25, -0.2) is 8.42 Å². The highest BCUT2D eigenvalue weighted by Gasteiger charge is 2.29. The minimum absolute atomic E-state index is 0.0336. The van der Waals surface area contributed by atoms with Crippen molar-refractivity contribution in [3.63, 3.8) is 0 Å². The van der Waals surface area contributed by atoms with Gasteiger partial charge >= 0.3 is 6.18 Å². The lowest BCUT2D eigenvalue weighted by Gasteiger charge is -2.07. The van der Waals surface area contributed by atoms with E-state index in [1.807, 2.05) is 0 Å². The van der Waals surface area contributed by atoms with Crippen LogP contribution in [0.3, 0.4) is 0 Å². The molecule has 0 heterocycles. The van der Waals surface area contributed by atoms with Crippen molar-refractivity contribution in [3.8, 4) is 0 Å². The van der Waals surface area contributed by atoms with Gasteiger partial charge in [0.1, 0.15) is 0 Å². The zero-order valence-electron chi connectivity index (χ0n) is 11.7. The van der Waals surface area contributed by atoms with Gasteiger partial charge in [0.2, 0.25) is 0 Å². The Kier molecular flexibility index (Phi) is 5.65. The highest BCUT2D eigenvalue weighted by atomic mass is 35.7. The topological polar surface area (TPSA) is 34.1 Å². The fourth-order valence-electron chi connectivity index (χ4n) is 1.85. The van der Waals surface area contributed by atoms with E-state index in [9.17, 15) is 21.6 Å². The molecular weight excluding hydrogens is 369 g/mol. The van der Waals surface area contributed by atoms with Crippen LogP contribution in [0, 0.1) is 0 Å². The van der Waals surface area contributed by atoms with Gasteiger partial charge in [0.05, 0.1) is 10.5 Å². The Morgan fingerprint density at radius 1 is 0.957 bits per heavy atom. The molecule has 8 heteroatoms. The van der Waals surface area contributed by atoms with Crippen molar-refractivity contribution in [2.45, 2.75) is 22.4 Å². The first kappa shape index (κ1) is 18.2. The summed E-state index contributed by atoms with van der Waals surface area (Å²) in [7, 11) is 1.50. The maximum Gasteiger partial charge on any atom is 0.416 e. The summed E-state index contributed by atoms with van der Waals surface area (Å²) in [5, 5.41) is 0. The van der Waals surface area contributed by atoms with E-state index in [0.717, 1.165) is 22.6 Å². The molecule has 0 unspecified atom stereocenters. The Bertz CT molecular complexity index is 755. The second-order valence-corrected chi connectivity index (χ2v) is 8.44. The first-order valence-corrected chi connectivity index (χ1v) is 9.79. The van der Waals surface area contributed by atoms with Crippen LogP contribution in [0.15, 0.2) is 58.3 Å². The molecule has 2 rings (SSSR count). The quantitative estimate of drug-likeness (QED) is 0.542. The largest absolute Gasteiger partial charge is 0.416 e. The fraction of sp³-hybridized carbons (Fsp3) is 0.200. The first-order chi connectivity index (χ1) is 10.7. The van der Waals surface area contributed by atoms with E-state index in [1.54, 1.807) is 12.1 Å². The van der Waals surface area contributed by atoms with Crippen LogP contribution in [-0.4, -0.2) is 14.2 Å². The van der Waals surface area contributed by atoms with E-state index >= 15 is 0 Å². The predicted octanol–water partition coefficient (Wildman–Crippen LogP) is 4.97. The monoisotopic (exact) mass is 380 g/mol. The number of benzene rings is 2. The van der Waals surface area contributed by atoms with Crippen LogP contribution in [0.4, 0.5) is 13.2 Å². The van der Waals surface area contributed by atoms with Gasteiger partial charge in [-0.1, -0.05) is 12.1 Å². The van der Waals surface area contributed by atoms with E-state index in [1.165, 1.54) is 36.0 Å². The van der Waals surface area contributed by atoms with E-state index in [-0.39, 0.29) is 4.90 Å². The Balaban J connectivity index is 1.90. The van der Waals surface area contributed by atoms with Crippen LogP contribution < -0.4 is 0 Å². The molecule has 0 aliphatic rings. The normalized spacial score (nSPS) is 12.3. The van der Waals surface area contributed by atoms with Crippen LogP contribution in [0.25, 0.3) is 0 Å². The summed E-state index contributed by atoms with van der Waals surface area (Å²) in [6, 6.07) is 11.2. The third-order valence-electron chi connectivity index (χ3n) is 3.05. The van der Waals surface area contributed by atoms with Crippen molar-refractivity contribution in [2.75, 3.05) is 5.75 Å². The summed E-state index contributed by atoms with van der Waals surface area (Å²) in [4.78, 5) is 0.896. The molecule has 0 fully saturated rings. The third kappa shape index (κ3) is 5.44. The van der Waals surface area contributed by atoms with Crippen LogP contribution in [0.2, 0.25) is 0 Å². The highest BCUT2D eigenvalue weighted by Crippen LogP contribution is 2.29. The fourth-order valence-corrected chi connectivity index (χ4v) is 3.52. The number of rotatable bonds is 5. The molecule has 0 aliphatic heterocycles. The average Bonchev–Trinajstić information content (AvgIpc) is 2.46. The number of thioether (sulfide) groups is 1. The lowest BCUT2D eigenvalue weighted by Crippen LogP contribution is -2.04. The van der Waals surface area contributed by atoms with Gasteiger partial charge < -0.3 is 0 Å². The van der Waals surface area contributed by atoms with Crippen LogP contribution in [-0.2, 0) is 21.6 Å². The maximum absolute atomic E-state index is 12.5. The minimum atomic E-state index is -4.32. The third-order valence-corrected chi connectivity index (χ3v) is 5.43. The Morgan fingerprint density at radius 3 is 2.00 bits per heavy atom. The minimum Gasteiger partial charge on any atom is -0.207 e. The molecule has 124 valence electrons. The van der Waals surface area contributed by atoms with Crippen molar-refractivity contribution >= 4 is 31.5 Å². The second-order valence-electron chi connectivity index (χ2n) is 4.70. The Morgan fingerprint density at radius 2 is 1.52 bits per heavy atom. The number of hydrogen-bond donors (Lipinski definition) is 0. The van der Waals surface area contributed by atoms with Gasteiger partial charge in [-0.3, -0.25) is 0 Å². The number of alkyl halides is 3. The van der Waals surface area contributed by atoms with E-state index < -0.39 is 20.8 Å². The summed E-state index contributed by atoms with van der Waals surface area (Å²) in [6.07, 6.45) is -3.71. The second kappa shape index (κ2) is 7.15. The molecule has 0 aliphatic carbocycles. The molecule has 0 N–H and O–H groups in total. The predicted molar refractivity (Wildman–Crippen MR) is 85.4 cm³/mol. The smallest absolute Gasteiger partial charge is 0.207 e. The zero-order valence-corrected chi connectivity index (χ0v) is 14.1. The lowest BCUT2D eigenvalue weighted by atomic mass is 10.1. The van der Waals surface area contributed by atoms with Gasteiger partial charge in [0, 0.05) is 21.3 Å². The summed E-state index contributed by atoms with van der Waals surface area (Å²) < 4.78 is 59.6. The molecule has 2 aromatic rings. The van der Waals surface area contributed by atoms with Crippen LogP contribution in [0.1, 0.15) is 11.1 Å². The lowest BCUT2D eigenvalue weighted by molar-refractivity contribution is -0.137. The van der Waals surface area contributed by atoms with Crippen molar-refractivity contribution in [2.24, 2.45) is 0 Å². The molecule has 0 saturated heterocycles. The van der Waals surface area contributed by atoms with Crippen molar-refractivity contribution in [3.05, 3.63) is 59.7 Å². The Labute approximate surface area is 141 Å². The van der Waals surface area contributed by atoms with Gasteiger partial charge in [-0.05, 0) is 48.4 Å². The van der Waals surface area contributed by atoms with Crippen molar-refractivity contribution in [1.29, 1.82) is 0 Å². The summed E-state index contributed by atoms with van der Waals surface area (Å²) >= 11 is 1.48. The SMILES string of the molecule is O=S(=O)(Cl)c1ccc(SCCc2ccc(C(F)(F)F)cc2)cc1.